The lowest BCUT2D eigenvalue weighted by Gasteiger charge is -2.20. The van der Waals surface area contributed by atoms with E-state index in [1.165, 1.54) is 5.69 Å². The van der Waals surface area contributed by atoms with E-state index in [1.807, 2.05) is 12.1 Å². The van der Waals surface area contributed by atoms with Gasteiger partial charge in [0.15, 0.2) is 0 Å². The van der Waals surface area contributed by atoms with Crippen LogP contribution in [0.1, 0.15) is 13.8 Å². The van der Waals surface area contributed by atoms with Gasteiger partial charge in [0, 0.05) is 24.5 Å². The number of nitrogens with two attached hydrogens (primary N) is 1. The van der Waals surface area contributed by atoms with E-state index in [1.54, 1.807) is 0 Å². The Kier molecular flexibility index (Phi) is 29.6. The summed E-state index contributed by atoms with van der Waals surface area (Å²) in [6.07, 6.45) is 0. The number of nitrogen functional groups attached to an aromatic ring is 1. The number of hydrogen-bond donors (Lipinski definition) is 3. The minimum atomic E-state index is -4.67. The van der Waals surface area contributed by atoms with Crippen molar-refractivity contribution < 1.29 is 44.9 Å². The summed E-state index contributed by atoms with van der Waals surface area (Å²) in [4.78, 5) is 2.29. The lowest BCUT2D eigenvalue weighted by molar-refractivity contribution is 0.381. The maximum atomic E-state index is 8.74. The van der Waals surface area contributed by atoms with Crippen LogP contribution in [0.4, 0.5) is 11.4 Å². The molecule has 0 unspecified atom stereocenters. The first kappa shape index (κ1) is 37.1. The van der Waals surface area contributed by atoms with Crippen LogP contribution in [0.25, 0.3) is 0 Å². The Morgan fingerprint density at radius 2 is 1.18 bits per heavy atom. The van der Waals surface area contributed by atoms with Crippen molar-refractivity contribution >= 4 is 21.8 Å². The van der Waals surface area contributed by atoms with Crippen LogP contribution in [0.15, 0.2) is 24.3 Å². The summed E-state index contributed by atoms with van der Waals surface area (Å²) in [7, 11) is -4.67. The molecule has 11 nitrogen and oxygen atoms in total. The molecular formula is C10H28N2O9S. The Bertz CT molecular complexity index is 413. The zero-order valence-electron chi connectivity index (χ0n) is 12.4. The van der Waals surface area contributed by atoms with Crippen molar-refractivity contribution in [2.24, 2.45) is 0 Å². The zero-order chi connectivity index (χ0) is 13.5. The summed E-state index contributed by atoms with van der Waals surface area (Å²) in [5, 5.41) is 0. The molecule has 0 saturated heterocycles. The third kappa shape index (κ3) is 20.8. The van der Waals surface area contributed by atoms with Gasteiger partial charge in [0.2, 0.25) is 0 Å². The number of hydrogen-bond acceptors (Lipinski definition) is 4. The fraction of sp³-hybridized carbons (Fsp3) is 0.400. The van der Waals surface area contributed by atoms with Gasteiger partial charge in [-0.1, -0.05) is 0 Å². The van der Waals surface area contributed by atoms with Gasteiger partial charge in [-0.2, -0.15) is 8.42 Å². The molecule has 0 aromatic heterocycles. The van der Waals surface area contributed by atoms with Crippen molar-refractivity contribution in [1.29, 1.82) is 0 Å². The lowest BCUT2D eigenvalue weighted by atomic mass is 10.2. The van der Waals surface area contributed by atoms with Crippen molar-refractivity contribution in [3.8, 4) is 0 Å². The van der Waals surface area contributed by atoms with Gasteiger partial charge in [-0.3, -0.25) is 9.11 Å². The first-order valence-electron chi connectivity index (χ1n) is 5.08. The highest BCUT2D eigenvalue weighted by molar-refractivity contribution is 7.79. The third-order valence-electron chi connectivity index (χ3n) is 2.02. The van der Waals surface area contributed by atoms with Crippen molar-refractivity contribution in [2.75, 3.05) is 23.7 Å². The van der Waals surface area contributed by atoms with E-state index in [0.717, 1.165) is 18.8 Å². The van der Waals surface area contributed by atoms with Crippen LogP contribution in [0.5, 0.6) is 0 Å². The maximum absolute atomic E-state index is 8.74. The number of anilines is 2. The predicted octanol–water partition coefficient (Wildman–Crippen LogP) is -2.66. The second kappa shape index (κ2) is 17.5. The summed E-state index contributed by atoms with van der Waals surface area (Å²) in [6.45, 7) is 6.39. The fourth-order valence-electron chi connectivity index (χ4n) is 1.27. The maximum Gasteiger partial charge on any atom is 0.394 e. The predicted molar refractivity (Wildman–Crippen MR) is 86.7 cm³/mol. The van der Waals surface area contributed by atoms with Gasteiger partial charge in [-0.25, -0.2) is 0 Å². The molecule has 1 aromatic rings. The van der Waals surface area contributed by atoms with E-state index in [9.17, 15) is 0 Å². The van der Waals surface area contributed by atoms with Crippen LogP contribution >= 0.6 is 0 Å². The van der Waals surface area contributed by atoms with Crippen LogP contribution in [0.3, 0.4) is 0 Å². The molecule has 0 aliphatic carbocycles. The average Bonchev–Trinajstić information content (AvgIpc) is 2.20. The Labute approximate surface area is 129 Å². The lowest BCUT2D eigenvalue weighted by Crippen LogP contribution is -2.21. The van der Waals surface area contributed by atoms with E-state index in [-0.39, 0.29) is 27.4 Å². The van der Waals surface area contributed by atoms with Crippen molar-refractivity contribution in [3.63, 3.8) is 0 Å². The highest BCUT2D eigenvalue weighted by atomic mass is 32.3. The standard InChI is InChI=1S/C10H16N2.H2O4S.5H2O/c1-3-12(4-2)10-7-5-9(11)6-8-10;1-5(2,3)4;;;;;/h5-8H,3-4,11H2,1-2H3;(H2,1,2,3,4);5*1H2. The molecule has 138 valence electrons. The van der Waals surface area contributed by atoms with Crippen LogP contribution in [0.2, 0.25) is 0 Å². The molecule has 1 rings (SSSR count). The fourth-order valence-corrected chi connectivity index (χ4v) is 1.27. The molecule has 0 radical (unpaired) electrons. The van der Waals surface area contributed by atoms with Gasteiger partial charge < -0.3 is 38.0 Å². The molecule has 0 heterocycles. The molecule has 0 amide bonds. The number of rotatable bonds is 3. The molecule has 22 heavy (non-hydrogen) atoms. The first-order chi connectivity index (χ1) is 7.77. The van der Waals surface area contributed by atoms with Crippen molar-refractivity contribution in [2.45, 2.75) is 13.8 Å². The van der Waals surface area contributed by atoms with Crippen molar-refractivity contribution in [3.05, 3.63) is 24.3 Å². The molecule has 14 N–H and O–H groups in total. The largest absolute Gasteiger partial charge is 0.412 e. The molecule has 0 saturated carbocycles. The van der Waals surface area contributed by atoms with Gasteiger partial charge in [0.1, 0.15) is 0 Å². The van der Waals surface area contributed by atoms with Crippen LogP contribution in [-0.2, 0) is 10.4 Å². The summed E-state index contributed by atoms with van der Waals surface area (Å²) in [5.41, 5.74) is 7.66. The Hall–Kier alpha value is -1.51. The van der Waals surface area contributed by atoms with Gasteiger partial charge >= 0.3 is 10.4 Å². The van der Waals surface area contributed by atoms with E-state index in [0.29, 0.717) is 0 Å². The molecule has 0 spiro atoms. The Morgan fingerprint density at radius 1 is 0.909 bits per heavy atom. The van der Waals surface area contributed by atoms with Gasteiger partial charge in [0.25, 0.3) is 0 Å². The van der Waals surface area contributed by atoms with E-state index >= 15 is 0 Å². The highest BCUT2D eigenvalue weighted by Crippen LogP contribution is 2.15. The molecule has 0 fully saturated rings. The number of benzene rings is 1. The molecular weight excluding hydrogens is 324 g/mol. The minimum absolute atomic E-state index is 0. The van der Waals surface area contributed by atoms with Gasteiger partial charge in [-0.15, -0.1) is 0 Å². The van der Waals surface area contributed by atoms with E-state index < -0.39 is 10.4 Å². The van der Waals surface area contributed by atoms with Gasteiger partial charge in [-0.05, 0) is 38.1 Å². The Balaban J connectivity index is -0.0000000574. The normalized spacial score (nSPS) is 8.00. The molecule has 0 atom stereocenters. The number of nitrogens with zero attached hydrogens (tertiary/aromatic N) is 1. The molecule has 12 heteroatoms. The SMILES string of the molecule is CCN(CC)c1ccc(N)cc1.O.O.O.O.O.O=S(=O)(O)O. The summed E-state index contributed by atoms with van der Waals surface area (Å²) < 4.78 is 31.6. The second-order valence-corrected chi connectivity index (χ2v) is 4.11. The second-order valence-electron chi connectivity index (χ2n) is 3.21. The molecule has 0 bridgehead atoms. The molecule has 0 aliphatic heterocycles. The zero-order valence-corrected chi connectivity index (χ0v) is 13.2. The smallest absolute Gasteiger partial charge is 0.394 e. The minimum Gasteiger partial charge on any atom is -0.412 e. The summed E-state index contributed by atoms with van der Waals surface area (Å²) in [6, 6.07) is 7.99. The van der Waals surface area contributed by atoms with Crippen LogP contribution in [0, 0.1) is 0 Å². The van der Waals surface area contributed by atoms with Gasteiger partial charge in [0.05, 0.1) is 0 Å². The highest BCUT2D eigenvalue weighted by Gasteiger charge is 1.99. The topological polar surface area (TPSA) is 261 Å². The average molecular weight is 352 g/mol. The van der Waals surface area contributed by atoms with Crippen LogP contribution < -0.4 is 10.6 Å². The van der Waals surface area contributed by atoms with Crippen molar-refractivity contribution in [1.82, 2.24) is 0 Å². The molecule has 1 aromatic carbocycles. The first-order valence-corrected chi connectivity index (χ1v) is 6.48. The Morgan fingerprint density at radius 3 is 1.41 bits per heavy atom. The monoisotopic (exact) mass is 352 g/mol. The van der Waals surface area contributed by atoms with E-state index in [4.69, 9.17) is 23.3 Å². The summed E-state index contributed by atoms with van der Waals surface area (Å²) in [5.74, 6) is 0. The van der Waals surface area contributed by atoms with Crippen LogP contribution in [-0.4, -0.2) is 58.0 Å². The third-order valence-corrected chi connectivity index (χ3v) is 2.02. The molecule has 0 aliphatic rings. The quantitative estimate of drug-likeness (QED) is 0.385. The van der Waals surface area contributed by atoms with E-state index in [2.05, 4.69) is 30.9 Å². The summed E-state index contributed by atoms with van der Waals surface area (Å²) >= 11 is 0.